The number of esters is 1. The quantitative estimate of drug-likeness (QED) is 0.0883. The van der Waals surface area contributed by atoms with Crippen molar-refractivity contribution in [2.45, 2.75) is 11.8 Å². The molecule has 5 aromatic rings. The van der Waals surface area contributed by atoms with E-state index in [9.17, 15) is 18.0 Å². The highest BCUT2D eigenvalue weighted by atomic mass is 32.2. The Morgan fingerprint density at radius 1 is 0.791 bits per heavy atom. The van der Waals surface area contributed by atoms with Crippen molar-refractivity contribution in [3.63, 3.8) is 0 Å². The zero-order chi connectivity index (χ0) is 30.2. The predicted octanol–water partition coefficient (Wildman–Crippen LogP) is 6.02. The second kappa shape index (κ2) is 13.0. The zero-order valence-electron chi connectivity index (χ0n) is 23.1. The molecule has 0 saturated heterocycles. The van der Waals surface area contributed by atoms with Crippen molar-refractivity contribution < 1.29 is 27.5 Å². The molecule has 43 heavy (non-hydrogen) atoms. The largest absolute Gasteiger partial charge is 0.494 e. The molecule has 0 spiro atoms. The minimum atomic E-state index is -3.76. The van der Waals surface area contributed by atoms with Crippen LogP contribution in [-0.2, 0) is 10.0 Å². The lowest BCUT2D eigenvalue weighted by Crippen LogP contribution is -2.18. The molecule has 1 amide bonds. The van der Waals surface area contributed by atoms with Crippen molar-refractivity contribution in [1.29, 1.82) is 0 Å². The summed E-state index contributed by atoms with van der Waals surface area (Å²) in [5.74, 6) is -0.149. The van der Waals surface area contributed by atoms with E-state index in [0.717, 1.165) is 10.8 Å². The van der Waals surface area contributed by atoms with Crippen LogP contribution in [0.2, 0.25) is 0 Å². The number of hydrogen-bond acceptors (Lipinski definition) is 7. The van der Waals surface area contributed by atoms with Gasteiger partial charge in [-0.15, -0.1) is 0 Å². The molecule has 0 atom stereocenters. The van der Waals surface area contributed by atoms with Crippen molar-refractivity contribution in [3.05, 3.63) is 132 Å². The highest BCUT2D eigenvalue weighted by Gasteiger charge is 2.15. The van der Waals surface area contributed by atoms with Crippen LogP contribution in [0.4, 0.5) is 5.69 Å². The van der Waals surface area contributed by atoms with Gasteiger partial charge in [0.2, 0.25) is 0 Å². The fourth-order valence-corrected chi connectivity index (χ4v) is 5.31. The van der Waals surface area contributed by atoms with Crippen LogP contribution < -0.4 is 19.6 Å². The number of carbonyl (C=O) groups excluding carboxylic acids is 2. The molecule has 2 N–H and O–H groups in total. The van der Waals surface area contributed by atoms with Gasteiger partial charge in [0.05, 0.1) is 23.3 Å². The van der Waals surface area contributed by atoms with Crippen molar-refractivity contribution >= 4 is 44.6 Å². The molecule has 0 radical (unpaired) electrons. The molecule has 9 nitrogen and oxygen atoms in total. The molecule has 10 heteroatoms. The van der Waals surface area contributed by atoms with Crippen LogP contribution in [-0.4, -0.2) is 33.1 Å². The summed E-state index contributed by atoms with van der Waals surface area (Å²) in [4.78, 5) is 25.8. The topological polar surface area (TPSA) is 123 Å². The number of anilines is 1. The summed E-state index contributed by atoms with van der Waals surface area (Å²) < 4.78 is 38.8. The Labute approximate surface area is 248 Å². The molecule has 5 rings (SSSR count). The highest BCUT2D eigenvalue weighted by Crippen LogP contribution is 2.28. The second-order valence-corrected chi connectivity index (χ2v) is 10.9. The number of nitrogens with one attached hydrogen (secondary N) is 2. The van der Waals surface area contributed by atoms with E-state index in [1.54, 1.807) is 48.5 Å². The number of hydrazone groups is 1. The van der Waals surface area contributed by atoms with Crippen LogP contribution in [0.3, 0.4) is 0 Å². The molecule has 0 fully saturated rings. The maximum atomic E-state index is 12.9. The summed E-state index contributed by atoms with van der Waals surface area (Å²) in [5.41, 5.74) is 3.89. The van der Waals surface area contributed by atoms with E-state index in [-0.39, 0.29) is 16.2 Å². The SMILES string of the molecule is CCOc1ccc(C(=O)Oc2ccc3ccccc3c2/C=N/NC(=O)c2ccc(NS(=O)(=O)c3ccccc3)cc2)cc1. The van der Waals surface area contributed by atoms with Gasteiger partial charge in [0.1, 0.15) is 11.5 Å². The molecule has 0 aliphatic heterocycles. The van der Waals surface area contributed by atoms with Gasteiger partial charge in [-0.05, 0) is 84.4 Å². The summed E-state index contributed by atoms with van der Waals surface area (Å²) in [6, 6.07) is 31.6. The number of hydrogen-bond donors (Lipinski definition) is 2. The number of ether oxygens (including phenoxy) is 2. The number of nitrogens with zero attached hydrogens (tertiary/aromatic N) is 1. The number of benzene rings is 5. The van der Waals surface area contributed by atoms with Gasteiger partial charge in [-0.3, -0.25) is 9.52 Å². The Morgan fingerprint density at radius 2 is 1.47 bits per heavy atom. The van der Waals surface area contributed by atoms with Gasteiger partial charge in [0, 0.05) is 16.8 Å². The predicted molar refractivity (Wildman–Crippen MR) is 165 cm³/mol. The van der Waals surface area contributed by atoms with E-state index in [4.69, 9.17) is 9.47 Å². The van der Waals surface area contributed by atoms with E-state index in [2.05, 4.69) is 15.2 Å². The molecule has 0 saturated carbocycles. The summed E-state index contributed by atoms with van der Waals surface area (Å²) >= 11 is 0. The number of sulfonamides is 1. The van der Waals surface area contributed by atoms with E-state index >= 15 is 0 Å². The van der Waals surface area contributed by atoms with Crippen LogP contribution in [0.1, 0.15) is 33.2 Å². The first-order valence-electron chi connectivity index (χ1n) is 13.3. The Morgan fingerprint density at radius 3 is 2.19 bits per heavy atom. The van der Waals surface area contributed by atoms with Crippen molar-refractivity contribution in [2.75, 3.05) is 11.3 Å². The first-order valence-corrected chi connectivity index (χ1v) is 14.8. The van der Waals surface area contributed by atoms with Crippen LogP contribution in [0, 0.1) is 0 Å². The van der Waals surface area contributed by atoms with Gasteiger partial charge in [0.25, 0.3) is 15.9 Å². The third kappa shape index (κ3) is 7.06. The van der Waals surface area contributed by atoms with Gasteiger partial charge in [-0.1, -0.05) is 48.5 Å². The monoisotopic (exact) mass is 593 g/mol. The van der Waals surface area contributed by atoms with E-state index in [1.807, 2.05) is 37.3 Å². The zero-order valence-corrected chi connectivity index (χ0v) is 23.9. The van der Waals surface area contributed by atoms with Crippen LogP contribution in [0.15, 0.2) is 125 Å². The molecule has 0 heterocycles. The van der Waals surface area contributed by atoms with Crippen LogP contribution in [0.5, 0.6) is 11.5 Å². The normalized spacial score (nSPS) is 11.3. The maximum absolute atomic E-state index is 12.9. The molecule has 0 unspecified atom stereocenters. The summed E-state index contributed by atoms with van der Waals surface area (Å²) in [5, 5.41) is 5.78. The molecule has 0 aliphatic carbocycles. The van der Waals surface area contributed by atoms with E-state index < -0.39 is 21.9 Å². The van der Waals surface area contributed by atoms with E-state index in [0.29, 0.717) is 29.2 Å². The molecule has 0 aliphatic rings. The van der Waals surface area contributed by atoms with Crippen molar-refractivity contribution in [1.82, 2.24) is 5.43 Å². The minimum Gasteiger partial charge on any atom is -0.494 e. The third-order valence-electron chi connectivity index (χ3n) is 6.35. The maximum Gasteiger partial charge on any atom is 0.343 e. The number of fused-ring (bicyclic) bond motifs is 1. The first-order chi connectivity index (χ1) is 20.8. The van der Waals surface area contributed by atoms with Crippen LogP contribution in [0.25, 0.3) is 10.8 Å². The Bertz CT molecular complexity index is 1890. The smallest absolute Gasteiger partial charge is 0.343 e. The van der Waals surface area contributed by atoms with Gasteiger partial charge >= 0.3 is 5.97 Å². The van der Waals surface area contributed by atoms with Crippen molar-refractivity contribution in [3.8, 4) is 11.5 Å². The molecule has 0 aromatic heterocycles. The average molecular weight is 594 g/mol. The highest BCUT2D eigenvalue weighted by molar-refractivity contribution is 7.92. The summed E-state index contributed by atoms with van der Waals surface area (Å²) in [7, 11) is -3.76. The van der Waals surface area contributed by atoms with Gasteiger partial charge < -0.3 is 9.47 Å². The van der Waals surface area contributed by atoms with E-state index in [1.165, 1.54) is 42.6 Å². The fraction of sp³-hybridized carbons (Fsp3) is 0.0606. The lowest BCUT2D eigenvalue weighted by molar-refractivity contribution is 0.0734. The molecule has 216 valence electrons. The minimum absolute atomic E-state index is 0.129. The summed E-state index contributed by atoms with van der Waals surface area (Å²) in [6.07, 6.45) is 1.42. The fourth-order valence-electron chi connectivity index (χ4n) is 4.23. The molecule has 0 bridgehead atoms. The first kappa shape index (κ1) is 29.0. The second-order valence-electron chi connectivity index (χ2n) is 9.24. The number of rotatable bonds is 10. The summed E-state index contributed by atoms with van der Waals surface area (Å²) in [6.45, 7) is 2.39. The molecular formula is C33H27N3O6S. The lowest BCUT2D eigenvalue weighted by atomic mass is 10.0. The number of amides is 1. The molecule has 5 aromatic carbocycles. The lowest BCUT2D eigenvalue weighted by Gasteiger charge is -2.11. The van der Waals surface area contributed by atoms with Gasteiger partial charge in [0.15, 0.2) is 0 Å². The van der Waals surface area contributed by atoms with Gasteiger partial charge in [-0.2, -0.15) is 5.10 Å². The van der Waals surface area contributed by atoms with Crippen LogP contribution >= 0.6 is 0 Å². The third-order valence-corrected chi connectivity index (χ3v) is 7.74. The average Bonchev–Trinajstić information content (AvgIpc) is 3.03. The van der Waals surface area contributed by atoms with Crippen molar-refractivity contribution in [2.24, 2.45) is 5.10 Å². The Balaban J connectivity index is 1.30. The standard InChI is InChI=1S/C33H27N3O6S/c1-2-41-27-19-14-25(15-20-27)33(38)42-31-21-16-23-8-6-7-11-29(23)30(31)22-34-35-32(37)24-12-17-26(18-13-24)36-43(39,40)28-9-4-3-5-10-28/h3-22,36H,2H2,1H3,(H,35,37)/b34-22+. The van der Waals surface area contributed by atoms with Gasteiger partial charge in [-0.25, -0.2) is 18.6 Å². The Hall–Kier alpha value is -5.48. The number of carbonyl (C=O) groups is 2. The Kier molecular flexibility index (Phi) is 8.78. The molecular weight excluding hydrogens is 566 g/mol.